The molecular formula is C9H9NS2. The number of hydrogen-bond donors (Lipinski definition) is 0. The molecule has 1 nitrogen and oxygen atoms in total. The van der Waals surface area contributed by atoms with Gasteiger partial charge in [0.25, 0.3) is 0 Å². The fraction of sp³-hybridized carbons (Fsp3) is 0.222. The Bertz CT molecular complexity index is 274. The molecule has 3 heteroatoms. The summed E-state index contributed by atoms with van der Waals surface area (Å²) in [5, 5.41) is 8.55. The summed E-state index contributed by atoms with van der Waals surface area (Å²) in [4.78, 5) is 0. The largest absolute Gasteiger partial charge is 0.192 e. The topological polar surface area (TPSA) is 23.8 Å². The molecule has 0 saturated carbocycles. The van der Waals surface area contributed by atoms with Crippen molar-refractivity contribution in [3.8, 4) is 6.07 Å². The van der Waals surface area contributed by atoms with Gasteiger partial charge in [-0.15, -0.1) is 0 Å². The molecule has 1 rings (SSSR count). The molecule has 0 fully saturated rings. The maximum Gasteiger partial charge on any atom is 0.0991 e. The molecule has 0 bridgehead atoms. The summed E-state index contributed by atoms with van der Waals surface area (Å²) < 4.78 is 0. The third-order valence-corrected chi connectivity index (χ3v) is 3.17. The van der Waals surface area contributed by atoms with Gasteiger partial charge in [0.2, 0.25) is 0 Å². The summed E-state index contributed by atoms with van der Waals surface area (Å²) in [7, 11) is 3.57. The van der Waals surface area contributed by atoms with Crippen LogP contribution in [0.1, 0.15) is 11.1 Å². The molecule has 0 atom stereocenters. The molecule has 0 unspecified atom stereocenters. The minimum atomic E-state index is 0.730. The lowest BCUT2D eigenvalue weighted by Crippen LogP contribution is -1.79. The maximum atomic E-state index is 8.55. The first-order valence-corrected chi connectivity index (χ1v) is 6.24. The van der Waals surface area contributed by atoms with Gasteiger partial charge in [0.1, 0.15) is 0 Å². The summed E-state index contributed by atoms with van der Waals surface area (Å²) in [5.74, 6) is 1.01. The quantitative estimate of drug-likeness (QED) is 0.693. The Morgan fingerprint density at radius 1 is 1.33 bits per heavy atom. The van der Waals surface area contributed by atoms with Crippen molar-refractivity contribution in [3.63, 3.8) is 0 Å². The van der Waals surface area contributed by atoms with Crippen molar-refractivity contribution < 1.29 is 0 Å². The lowest BCUT2D eigenvalue weighted by Gasteiger charge is -1.97. The first kappa shape index (κ1) is 9.50. The molecule has 0 aliphatic carbocycles. The third kappa shape index (κ3) is 2.80. The first-order chi connectivity index (χ1) is 5.86. The van der Waals surface area contributed by atoms with E-state index in [1.54, 1.807) is 10.8 Å². The van der Waals surface area contributed by atoms with E-state index in [2.05, 4.69) is 12.3 Å². The SMILES string of the molecule is CSSCc1ccc(C#N)cc1. The van der Waals surface area contributed by atoms with Gasteiger partial charge in [-0.2, -0.15) is 5.26 Å². The van der Waals surface area contributed by atoms with E-state index in [1.807, 2.05) is 35.1 Å². The summed E-state index contributed by atoms with van der Waals surface area (Å²) in [5.41, 5.74) is 2.00. The minimum Gasteiger partial charge on any atom is -0.192 e. The predicted molar refractivity (Wildman–Crippen MR) is 56.0 cm³/mol. The molecule has 0 amide bonds. The molecule has 0 heterocycles. The fourth-order valence-corrected chi connectivity index (χ4v) is 2.01. The molecule has 0 saturated heterocycles. The lowest BCUT2D eigenvalue weighted by molar-refractivity contribution is 1.40. The van der Waals surface area contributed by atoms with E-state index in [0.29, 0.717) is 0 Å². The van der Waals surface area contributed by atoms with Crippen molar-refractivity contribution in [1.29, 1.82) is 5.26 Å². The summed E-state index contributed by atoms with van der Waals surface area (Å²) in [6.45, 7) is 0. The van der Waals surface area contributed by atoms with Crippen LogP contribution < -0.4 is 0 Å². The van der Waals surface area contributed by atoms with Gasteiger partial charge >= 0.3 is 0 Å². The number of nitrogens with zero attached hydrogens (tertiary/aromatic N) is 1. The number of hydrogen-bond acceptors (Lipinski definition) is 3. The smallest absolute Gasteiger partial charge is 0.0991 e. The average Bonchev–Trinajstić information content (AvgIpc) is 2.15. The number of nitriles is 1. The fourth-order valence-electron chi connectivity index (χ4n) is 0.802. The van der Waals surface area contributed by atoms with Gasteiger partial charge in [0.05, 0.1) is 11.6 Å². The monoisotopic (exact) mass is 195 g/mol. The predicted octanol–water partition coefficient (Wildman–Crippen LogP) is 3.07. The Morgan fingerprint density at radius 3 is 2.50 bits per heavy atom. The highest BCUT2D eigenvalue weighted by Crippen LogP contribution is 2.22. The average molecular weight is 195 g/mol. The van der Waals surface area contributed by atoms with Crippen molar-refractivity contribution in [1.82, 2.24) is 0 Å². The molecule has 1 aromatic carbocycles. The summed E-state index contributed by atoms with van der Waals surface area (Å²) in [6, 6.07) is 9.82. The van der Waals surface area contributed by atoms with Crippen LogP contribution in [-0.2, 0) is 5.75 Å². The number of benzene rings is 1. The maximum absolute atomic E-state index is 8.55. The van der Waals surface area contributed by atoms with Gasteiger partial charge in [-0.25, -0.2) is 0 Å². The highest BCUT2D eigenvalue weighted by atomic mass is 33.1. The van der Waals surface area contributed by atoms with Crippen molar-refractivity contribution in [2.24, 2.45) is 0 Å². The van der Waals surface area contributed by atoms with Gasteiger partial charge < -0.3 is 0 Å². The Kier molecular flexibility index (Phi) is 4.06. The summed E-state index contributed by atoms with van der Waals surface area (Å²) in [6.07, 6.45) is 2.06. The van der Waals surface area contributed by atoms with Crippen molar-refractivity contribution in [2.45, 2.75) is 5.75 Å². The molecule has 0 aliphatic rings. The molecule has 0 radical (unpaired) electrons. The zero-order chi connectivity index (χ0) is 8.81. The van der Waals surface area contributed by atoms with E-state index in [-0.39, 0.29) is 0 Å². The van der Waals surface area contributed by atoms with E-state index in [1.165, 1.54) is 5.56 Å². The molecule has 0 N–H and O–H groups in total. The van der Waals surface area contributed by atoms with Crippen LogP contribution in [0, 0.1) is 11.3 Å². The summed E-state index contributed by atoms with van der Waals surface area (Å²) >= 11 is 0. The van der Waals surface area contributed by atoms with Crippen LogP contribution in [0.5, 0.6) is 0 Å². The highest BCUT2D eigenvalue weighted by molar-refractivity contribution is 8.76. The second kappa shape index (κ2) is 5.13. The van der Waals surface area contributed by atoms with E-state index in [0.717, 1.165) is 11.3 Å². The Balaban J connectivity index is 2.60. The lowest BCUT2D eigenvalue weighted by atomic mass is 10.2. The molecule has 0 aromatic heterocycles. The first-order valence-electron chi connectivity index (χ1n) is 3.51. The van der Waals surface area contributed by atoms with Crippen LogP contribution in [0.4, 0.5) is 0 Å². The number of rotatable bonds is 3. The molecule has 0 spiro atoms. The third-order valence-electron chi connectivity index (χ3n) is 1.43. The van der Waals surface area contributed by atoms with E-state index in [9.17, 15) is 0 Å². The van der Waals surface area contributed by atoms with Crippen molar-refractivity contribution in [2.75, 3.05) is 6.26 Å². The second-order valence-corrected chi connectivity index (χ2v) is 4.80. The van der Waals surface area contributed by atoms with Gasteiger partial charge in [0, 0.05) is 5.75 Å². The van der Waals surface area contributed by atoms with Gasteiger partial charge in [-0.3, -0.25) is 0 Å². The van der Waals surface area contributed by atoms with E-state index in [4.69, 9.17) is 5.26 Å². The zero-order valence-corrected chi connectivity index (χ0v) is 8.41. The Morgan fingerprint density at radius 2 is 2.00 bits per heavy atom. The van der Waals surface area contributed by atoms with Crippen LogP contribution in [0.25, 0.3) is 0 Å². The molecular weight excluding hydrogens is 186 g/mol. The van der Waals surface area contributed by atoms with Crippen LogP contribution in [-0.4, -0.2) is 6.26 Å². The van der Waals surface area contributed by atoms with E-state index < -0.39 is 0 Å². The minimum absolute atomic E-state index is 0.730. The normalized spacial score (nSPS) is 9.33. The van der Waals surface area contributed by atoms with Gasteiger partial charge in [0.15, 0.2) is 0 Å². The molecule has 12 heavy (non-hydrogen) atoms. The van der Waals surface area contributed by atoms with Crippen LogP contribution in [0.15, 0.2) is 24.3 Å². The Hall–Kier alpha value is -0.590. The molecule has 1 aromatic rings. The Labute approximate surface area is 80.6 Å². The van der Waals surface area contributed by atoms with Crippen molar-refractivity contribution in [3.05, 3.63) is 35.4 Å². The second-order valence-electron chi connectivity index (χ2n) is 2.24. The molecule has 0 aliphatic heterocycles. The highest BCUT2D eigenvalue weighted by Gasteiger charge is 1.92. The van der Waals surface area contributed by atoms with Crippen LogP contribution >= 0.6 is 21.6 Å². The van der Waals surface area contributed by atoms with Crippen LogP contribution in [0.3, 0.4) is 0 Å². The van der Waals surface area contributed by atoms with Crippen molar-refractivity contribution >= 4 is 21.6 Å². The molecule has 62 valence electrons. The standard InChI is InChI=1S/C9H9NS2/c1-11-12-7-9-4-2-8(6-10)3-5-9/h2-5H,7H2,1H3. The van der Waals surface area contributed by atoms with Crippen LogP contribution in [0.2, 0.25) is 0 Å². The van der Waals surface area contributed by atoms with E-state index >= 15 is 0 Å². The van der Waals surface area contributed by atoms with Gasteiger partial charge in [-0.05, 0) is 24.0 Å². The zero-order valence-electron chi connectivity index (χ0n) is 6.78. The van der Waals surface area contributed by atoms with Gasteiger partial charge in [-0.1, -0.05) is 33.7 Å².